The van der Waals surface area contributed by atoms with Gasteiger partial charge in [0.2, 0.25) is 0 Å². The summed E-state index contributed by atoms with van der Waals surface area (Å²) < 4.78 is 1.28. The molecule has 0 saturated carbocycles. The Morgan fingerprint density at radius 1 is 1.36 bits per heavy atom. The summed E-state index contributed by atoms with van der Waals surface area (Å²) in [6.07, 6.45) is 0.511. The molecule has 1 aromatic carbocycles. The highest BCUT2D eigenvalue weighted by Gasteiger charge is 2.07. The number of benzene rings is 1. The average molecular weight is 201 g/mol. The van der Waals surface area contributed by atoms with Crippen LogP contribution in [0.15, 0.2) is 18.2 Å². The van der Waals surface area contributed by atoms with E-state index < -0.39 is 0 Å². The number of hydrogen-bond acceptors (Lipinski definition) is 2. The van der Waals surface area contributed by atoms with E-state index in [0.29, 0.717) is 6.42 Å². The number of aryl methyl sites for hydroxylation is 2. The molecule has 70 valence electrons. The highest BCUT2D eigenvalue weighted by molar-refractivity contribution is 7.19. The first kappa shape index (κ1) is 9.23. The van der Waals surface area contributed by atoms with Crippen LogP contribution >= 0.6 is 11.3 Å². The second-order valence-corrected chi connectivity index (χ2v) is 4.64. The fraction of sp³-hybridized carbons (Fsp3) is 0.250. The molecule has 14 heavy (non-hydrogen) atoms. The lowest BCUT2D eigenvalue weighted by Crippen LogP contribution is -1.80. The topological polar surface area (TPSA) is 23.8 Å². The Bertz CT molecular complexity index is 517. The molecular formula is C12H11NS. The molecule has 0 fully saturated rings. The summed E-state index contributed by atoms with van der Waals surface area (Å²) in [5, 5.41) is 10.0. The Morgan fingerprint density at radius 3 is 2.86 bits per heavy atom. The van der Waals surface area contributed by atoms with E-state index >= 15 is 0 Å². The van der Waals surface area contributed by atoms with Crippen molar-refractivity contribution < 1.29 is 0 Å². The van der Waals surface area contributed by atoms with E-state index in [1.807, 2.05) is 12.1 Å². The normalized spacial score (nSPS) is 10.4. The molecule has 2 rings (SSSR count). The van der Waals surface area contributed by atoms with Crippen molar-refractivity contribution in [3.05, 3.63) is 34.2 Å². The first-order chi connectivity index (χ1) is 6.74. The Morgan fingerprint density at radius 2 is 2.14 bits per heavy atom. The van der Waals surface area contributed by atoms with Gasteiger partial charge < -0.3 is 0 Å². The lowest BCUT2D eigenvalue weighted by Gasteiger charge is -1.96. The maximum Gasteiger partial charge on any atom is 0.0670 e. The first-order valence-corrected chi connectivity index (χ1v) is 5.40. The van der Waals surface area contributed by atoms with Crippen LogP contribution in [0.2, 0.25) is 0 Å². The molecule has 1 heterocycles. The summed E-state index contributed by atoms with van der Waals surface area (Å²) in [7, 11) is 0. The Hall–Kier alpha value is -1.33. The van der Waals surface area contributed by atoms with Crippen LogP contribution < -0.4 is 0 Å². The number of thiophene rings is 1. The van der Waals surface area contributed by atoms with Crippen molar-refractivity contribution in [2.75, 3.05) is 0 Å². The van der Waals surface area contributed by atoms with Gasteiger partial charge in [0.25, 0.3) is 0 Å². The summed E-state index contributed by atoms with van der Waals surface area (Å²) in [5.41, 5.74) is 2.51. The van der Waals surface area contributed by atoms with Crippen LogP contribution in [0, 0.1) is 25.2 Å². The molecule has 0 saturated heterocycles. The lowest BCUT2D eigenvalue weighted by molar-refractivity contribution is 1.29. The van der Waals surface area contributed by atoms with Crippen molar-refractivity contribution in [1.82, 2.24) is 0 Å². The van der Waals surface area contributed by atoms with Crippen LogP contribution in [0.1, 0.15) is 16.0 Å². The molecule has 0 bridgehead atoms. The highest BCUT2D eigenvalue weighted by atomic mass is 32.1. The molecule has 0 amide bonds. The minimum Gasteiger partial charge on any atom is -0.198 e. The van der Waals surface area contributed by atoms with Gasteiger partial charge in [-0.2, -0.15) is 5.26 Å². The second kappa shape index (κ2) is 3.43. The minimum absolute atomic E-state index is 0.511. The second-order valence-electron chi connectivity index (χ2n) is 3.41. The van der Waals surface area contributed by atoms with Gasteiger partial charge in [0.05, 0.1) is 12.5 Å². The molecule has 0 aliphatic heterocycles. The van der Waals surface area contributed by atoms with E-state index in [1.165, 1.54) is 20.5 Å². The molecule has 2 heteroatoms. The third-order valence-corrected chi connectivity index (χ3v) is 3.85. The van der Waals surface area contributed by atoms with Crippen LogP contribution in [0.4, 0.5) is 0 Å². The van der Waals surface area contributed by atoms with Gasteiger partial charge in [-0.1, -0.05) is 18.2 Å². The quantitative estimate of drug-likeness (QED) is 0.691. The largest absolute Gasteiger partial charge is 0.198 e. The van der Waals surface area contributed by atoms with Gasteiger partial charge in [0.15, 0.2) is 0 Å². The van der Waals surface area contributed by atoms with Gasteiger partial charge in [0, 0.05) is 9.58 Å². The molecule has 0 aliphatic carbocycles. The number of rotatable bonds is 1. The summed E-state index contributed by atoms with van der Waals surface area (Å²) in [5.74, 6) is 0. The van der Waals surface area contributed by atoms with Crippen molar-refractivity contribution in [1.29, 1.82) is 5.26 Å². The zero-order valence-corrected chi connectivity index (χ0v) is 9.11. The number of nitriles is 1. The van der Waals surface area contributed by atoms with Gasteiger partial charge in [-0.3, -0.25) is 0 Å². The SMILES string of the molecule is Cc1sc2c(CC#N)cccc2c1C. The molecule has 2 aromatic rings. The molecule has 0 spiro atoms. The van der Waals surface area contributed by atoms with Gasteiger partial charge in [-0.25, -0.2) is 0 Å². The Labute approximate surface area is 87.6 Å². The van der Waals surface area contributed by atoms with Crippen molar-refractivity contribution in [2.45, 2.75) is 20.3 Å². The van der Waals surface area contributed by atoms with Crippen molar-refractivity contribution in [3.63, 3.8) is 0 Å². The van der Waals surface area contributed by atoms with E-state index in [2.05, 4.69) is 26.0 Å². The monoisotopic (exact) mass is 201 g/mol. The Kier molecular flexibility index (Phi) is 2.26. The van der Waals surface area contributed by atoms with E-state index in [-0.39, 0.29) is 0 Å². The Balaban J connectivity index is 2.76. The van der Waals surface area contributed by atoms with Gasteiger partial charge in [0.1, 0.15) is 0 Å². The van der Waals surface area contributed by atoms with Crippen molar-refractivity contribution >= 4 is 21.4 Å². The fourth-order valence-corrected chi connectivity index (χ4v) is 2.82. The zero-order valence-electron chi connectivity index (χ0n) is 8.29. The van der Waals surface area contributed by atoms with Crippen molar-refractivity contribution in [2.24, 2.45) is 0 Å². The van der Waals surface area contributed by atoms with E-state index in [4.69, 9.17) is 5.26 Å². The minimum atomic E-state index is 0.511. The van der Waals surface area contributed by atoms with Gasteiger partial charge in [-0.15, -0.1) is 11.3 Å². The van der Waals surface area contributed by atoms with Crippen LogP contribution in [0.25, 0.3) is 10.1 Å². The average Bonchev–Trinajstić information content (AvgIpc) is 2.46. The molecule has 0 aliphatic rings. The summed E-state index contributed by atoms with van der Waals surface area (Å²) in [4.78, 5) is 1.35. The van der Waals surface area contributed by atoms with Gasteiger partial charge in [-0.05, 0) is 30.4 Å². The predicted octanol–water partition coefficient (Wildman–Crippen LogP) is 3.58. The van der Waals surface area contributed by atoms with E-state index in [9.17, 15) is 0 Å². The summed E-state index contributed by atoms with van der Waals surface area (Å²) >= 11 is 1.79. The summed E-state index contributed by atoms with van der Waals surface area (Å²) in [6.45, 7) is 4.28. The van der Waals surface area contributed by atoms with Gasteiger partial charge >= 0.3 is 0 Å². The van der Waals surface area contributed by atoms with E-state index in [1.54, 1.807) is 11.3 Å². The van der Waals surface area contributed by atoms with Crippen LogP contribution in [0.5, 0.6) is 0 Å². The van der Waals surface area contributed by atoms with Crippen LogP contribution in [-0.2, 0) is 6.42 Å². The molecule has 1 nitrogen and oxygen atoms in total. The summed E-state index contributed by atoms with van der Waals surface area (Å²) in [6, 6.07) is 8.42. The third kappa shape index (κ3) is 1.30. The molecule has 1 aromatic heterocycles. The molecule has 0 N–H and O–H groups in total. The number of fused-ring (bicyclic) bond motifs is 1. The highest BCUT2D eigenvalue weighted by Crippen LogP contribution is 2.32. The van der Waals surface area contributed by atoms with Crippen LogP contribution in [-0.4, -0.2) is 0 Å². The molecule has 0 unspecified atom stereocenters. The molecule has 0 radical (unpaired) electrons. The first-order valence-electron chi connectivity index (χ1n) is 4.58. The van der Waals surface area contributed by atoms with Crippen LogP contribution in [0.3, 0.4) is 0 Å². The zero-order chi connectivity index (χ0) is 10.1. The lowest BCUT2D eigenvalue weighted by atomic mass is 10.1. The number of nitrogens with zero attached hydrogens (tertiary/aromatic N) is 1. The third-order valence-electron chi connectivity index (χ3n) is 2.55. The fourth-order valence-electron chi connectivity index (χ4n) is 1.64. The standard InChI is InChI=1S/C12H11NS/c1-8-9(2)14-12-10(6-7-13)4-3-5-11(8)12/h3-5H,6H2,1-2H3. The number of hydrogen-bond donors (Lipinski definition) is 0. The van der Waals surface area contributed by atoms with E-state index in [0.717, 1.165) is 5.56 Å². The smallest absolute Gasteiger partial charge is 0.0670 e. The maximum absolute atomic E-state index is 8.71. The maximum atomic E-state index is 8.71. The van der Waals surface area contributed by atoms with Crippen molar-refractivity contribution in [3.8, 4) is 6.07 Å². The predicted molar refractivity (Wildman–Crippen MR) is 60.6 cm³/mol. The molecule has 0 atom stereocenters. The molecular weight excluding hydrogens is 190 g/mol.